The second-order valence-corrected chi connectivity index (χ2v) is 9.18. The Kier molecular flexibility index (Phi) is 7.08. The summed E-state index contributed by atoms with van der Waals surface area (Å²) in [4.78, 5) is 35.7. The molecule has 1 N–H and O–H groups in total. The number of hydrogen-bond donors (Lipinski definition) is 1. The lowest BCUT2D eigenvalue weighted by atomic mass is 9.94. The van der Waals surface area contributed by atoms with E-state index in [1.807, 2.05) is 30.3 Å². The average molecular weight is 551 g/mol. The second-order valence-electron chi connectivity index (χ2n) is 8.32. The van der Waals surface area contributed by atoms with E-state index in [-0.39, 0.29) is 18.6 Å². The highest BCUT2D eigenvalue weighted by Crippen LogP contribution is 2.30. The van der Waals surface area contributed by atoms with Crippen LogP contribution in [0.5, 0.6) is 5.75 Å². The topological polar surface area (TPSA) is 111 Å². The molecule has 1 aliphatic rings. The number of carbonyl (C=O) groups is 2. The number of nitrogens with one attached hydrogen (secondary N) is 1. The van der Waals surface area contributed by atoms with Crippen LogP contribution in [0.4, 0.5) is 15.4 Å². The van der Waals surface area contributed by atoms with Crippen LogP contribution in [0.3, 0.4) is 0 Å². The van der Waals surface area contributed by atoms with E-state index < -0.39 is 6.09 Å². The number of benzene rings is 1. The van der Waals surface area contributed by atoms with Gasteiger partial charge in [-0.2, -0.15) is 9.61 Å². The molecule has 0 aliphatic carbocycles. The van der Waals surface area contributed by atoms with Crippen LogP contribution in [0.2, 0.25) is 0 Å². The maximum Gasteiger partial charge on any atom is 0.418 e. The maximum atomic E-state index is 12.7. The molecule has 3 aromatic heterocycles. The van der Waals surface area contributed by atoms with Gasteiger partial charge in [0.05, 0.1) is 22.6 Å². The molecule has 1 fully saturated rings. The summed E-state index contributed by atoms with van der Waals surface area (Å²) in [5, 5.41) is 7.05. The lowest BCUT2D eigenvalue weighted by molar-refractivity contribution is 0.0856. The minimum Gasteiger partial charge on any atom is -0.445 e. The zero-order chi connectivity index (χ0) is 24.9. The number of halogens is 1. The van der Waals surface area contributed by atoms with Gasteiger partial charge in [-0.15, -0.1) is 0 Å². The zero-order valence-corrected chi connectivity index (χ0v) is 20.8. The van der Waals surface area contributed by atoms with Crippen LogP contribution in [0, 0.1) is 0 Å². The van der Waals surface area contributed by atoms with Crippen molar-refractivity contribution in [1.29, 1.82) is 0 Å². The summed E-state index contributed by atoms with van der Waals surface area (Å²) in [7, 11) is 0. The minimum atomic E-state index is -0.678. The van der Waals surface area contributed by atoms with Crippen molar-refractivity contribution in [1.82, 2.24) is 24.5 Å². The molecule has 1 unspecified atom stereocenters. The number of fused-ring (bicyclic) bond motifs is 1. The fourth-order valence-corrected chi connectivity index (χ4v) is 4.44. The molecule has 36 heavy (non-hydrogen) atoms. The number of aromatic nitrogens is 4. The van der Waals surface area contributed by atoms with Crippen molar-refractivity contribution in [2.45, 2.75) is 25.4 Å². The number of rotatable bonds is 5. The van der Waals surface area contributed by atoms with Gasteiger partial charge in [-0.05, 0) is 46.5 Å². The van der Waals surface area contributed by atoms with Gasteiger partial charge in [0.15, 0.2) is 11.4 Å². The third-order valence-corrected chi connectivity index (χ3v) is 6.39. The van der Waals surface area contributed by atoms with Crippen molar-refractivity contribution in [3.63, 3.8) is 0 Å². The highest BCUT2D eigenvalue weighted by molar-refractivity contribution is 9.10. The van der Waals surface area contributed by atoms with Crippen LogP contribution < -0.4 is 10.1 Å². The van der Waals surface area contributed by atoms with Gasteiger partial charge in [0.2, 0.25) is 0 Å². The number of ether oxygens (including phenoxy) is 2. The molecule has 5 rings (SSSR count). The second kappa shape index (κ2) is 10.7. The van der Waals surface area contributed by atoms with Crippen molar-refractivity contribution < 1.29 is 19.1 Å². The molecule has 1 aliphatic heterocycles. The van der Waals surface area contributed by atoms with E-state index in [1.54, 1.807) is 35.5 Å². The molecule has 1 saturated heterocycles. The maximum absolute atomic E-state index is 12.7. The number of nitrogens with zero attached hydrogens (tertiary/aromatic N) is 5. The molecule has 4 heterocycles. The predicted octanol–water partition coefficient (Wildman–Crippen LogP) is 5.01. The van der Waals surface area contributed by atoms with Gasteiger partial charge in [0.25, 0.3) is 0 Å². The molecular weight excluding hydrogens is 528 g/mol. The Bertz CT molecular complexity index is 1370. The van der Waals surface area contributed by atoms with Gasteiger partial charge in [-0.1, -0.05) is 30.3 Å². The van der Waals surface area contributed by atoms with Crippen LogP contribution in [0.1, 0.15) is 30.0 Å². The van der Waals surface area contributed by atoms with Crippen LogP contribution in [-0.2, 0) is 11.3 Å². The van der Waals surface area contributed by atoms with E-state index in [4.69, 9.17) is 14.5 Å². The minimum absolute atomic E-state index is 0.0373. The van der Waals surface area contributed by atoms with Crippen LogP contribution in [0.25, 0.3) is 5.65 Å². The van der Waals surface area contributed by atoms with E-state index in [1.165, 1.54) is 10.7 Å². The molecule has 0 spiro atoms. The number of amides is 2. The number of anilines is 1. The van der Waals surface area contributed by atoms with E-state index in [2.05, 4.69) is 31.3 Å². The van der Waals surface area contributed by atoms with Crippen molar-refractivity contribution >= 4 is 39.6 Å². The van der Waals surface area contributed by atoms with Crippen LogP contribution >= 0.6 is 15.9 Å². The summed E-state index contributed by atoms with van der Waals surface area (Å²) in [6.45, 7) is 1.30. The number of likely N-dealkylation sites (tertiary alicyclic amines) is 1. The Morgan fingerprint density at radius 3 is 2.81 bits per heavy atom. The third-order valence-electron chi connectivity index (χ3n) is 5.83. The molecule has 10 nitrogen and oxygen atoms in total. The monoisotopic (exact) mass is 550 g/mol. The van der Waals surface area contributed by atoms with E-state index >= 15 is 0 Å². The fourth-order valence-electron chi connectivity index (χ4n) is 4.09. The first-order chi connectivity index (χ1) is 17.6. The van der Waals surface area contributed by atoms with E-state index in [9.17, 15) is 9.59 Å². The van der Waals surface area contributed by atoms with Crippen molar-refractivity contribution in [2.75, 3.05) is 18.4 Å². The number of pyridine rings is 1. The molecule has 184 valence electrons. The normalized spacial score (nSPS) is 15.5. The van der Waals surface area contributed by atoms with Gasteiger partial charge >= 0.3 is 12.2 Å². The summed E-state index contributed by atoms with van der Waals surface area (Å²) >= 11 is 3.47. The summed E-state index contributed by atoms with van der Waals surface area (Å²) in [6.07, 6.45) is 5.27. The Balaban J connectivity index is 1.32. The number of carbonyl (C=O) groups excluding carboxylic acids is 2. The van der Waals surface area contributed by atoms with Gasteiger partial charge in [-0.3, -0.25) is 10.3 Å². The molecule has 4 aromatic rings. The van der Waals surface area contributed by atoms with Gasteiger partial charge < -0.3 is 14.4 Å². The Hall–Kier alpha value is -3.99. The smallest absolute Gasteiger partial charge is 0.418 e. The van der Waals surface area contributed by atoms with Gasteiger partial charge in [0, 0.05) is 31.3 Å². The molecule has 0 radical (unpaired) electrons. The highest BCUT2D eigenvalue weighted by Gasteiger charge is 2.28. The van der Waals surface area contributed by atoms with Crippen molar-refractivity contribution in [2.24, 2.45) is 0 Å². The third kappa shape index (κ3) is 5.46. The number of piperidine rings is 1. The summed E-state index contributed by atoms with van der Waals surface area (Å²) in [5.74, 6) is 0.683. The molecule has 2 amide bonds. The Labute approximate surface area is 215 Å². The zero-order valence-electron chi connectivity index (χ0n) is 19.2. The first kappa shape index (κ1) is 23.7. The van der Waals surface area contributed by atoms with Crippen molar-refractivity contribution in [3.8, 4) is 5.75 Å². The molecule has 0 bridgehead atoms. The fraction of sp³-hybridized carbons (Fsp3) is 0.240. The van der Waals surface area contributed by atoms with Gasteiger partial charge in [0.1, 0.15) is 12.4 Å². The lowest BCUT2D eigenvalue weighted by Gasteiger charge is -2.32. The molecular formula is C25H23BrN6O4. The Morgan fingerprint density at radius 1 is 1.14 bits per heavy atom. The largest absolute Gasteiger partial charge is 0.445 e. The van der Waals surface area contributed by atoms with E-state index in [0.29, 0.717) is 34.8 Å². The predicted molar refractivity (Wildman–Crippen MR) is 135 cm³/mol. The van der Waals surface area contributed by atoms with Crippen LogP contribution in [0.15, 0.2) is 71.6 Å². The first-order valence-corrected chi connectivity index (χ1v) is 12.2. The molecule has 11 heteroatoms. The highest BCUT2D eigenvalue weighted by atomic mass is 79.9. The van der Waals surface area contributed by atoms with E-state index in [0.717, 1.165) is 24.1 Å². The van der Waals surface area contributed by atoms with Crippen molar-refractivity contribution in [3.05, 3.63) is 82.9 Å². The lowest BCUT2D eigenvalue weighted by Crippen LogP contribution is -2.39. The summed E-state index contributed by atoms with van der Waals surface area (Å²) < 4.78 is 13.0. The molecule has 1 aromatic carbocycles. The van der Waals surface area contributed by atoms with Gasteiger partial charge in [-0.25, -0.2) is 14.6 Å². The summed E-state index contributed by atoms with van der Waals surface area (Å²) in [6, 6.07) is 14.7. The SMILES string of the molecule is O=C(Nc1cc(C2CCCN(C(=O)OCc3ccccc3)C2)nc2c(Br)cnn12)Oc1cccnc1. The quantitative estimate of drug-likeness (QED) is 0.371. The number of hydrogen-bond acceptors (Lipinski definition) is 7. The standard InChI is InChI=1S/C25H23BrN6O4/c26-20-14-28-32-22(30-24(33)36-19-9-4-10-27-13-19)12-21(29-23(20)32)18-8-5-11-31(15-18)25(34)35-16-17-6-2-1-3-7-17/h1-4,6-7,9-10,12-14,18H,5,8,11,15-16H2,(H,30,33). The first-order valence-electron chi connectivity index (χ1n) is 11.5. The average Bonchev–Trinajstić information content (AvgIpc) is 3.29. The Morgan fingerprint density at radius 2 is 2.00 bits per heavy atom. The molecule has 0 saturated carbocycles. The molecule has 1 atom stereocenters. The summed E-state index contributed by atoms with van der Waals surface area (Å²) in [5.41, 5.74) is 2.22. The van der Waals surface area contributed by atoms with Crippen LogP contribution in [-0.4, -0.2) is 49.8 Å².